The van der Waals surface area contributed by atoms with Crippen LogP contribution in [0.3, 0.4) is 0 Å². The number of nitrogens with one attached hydrogen (secondary N) is 2. The van der Waals surface area contributed by atoms with Gasteiger partial charge in [-0.15, -0.1) is 11.8 Å². The molecule has 124 valence electrons. The molecule has 2 N–H and O–H groups in total. The zero-order valence-electron chi connectivity index (χ0n) is 14.0. The molecule has 5 heteroatoms. The molecule has 1 aliphatic heterocycles. The average molecular weight is 340 g/mol. The van der Waals surface area contributed by atoms with E-state index in [1.807, 2.05) is 26.8 Å². The average Bonchev–Trinajstić information content (AvgIpc) is 2.70. The summed E-state index contributed by atoms with van der Waals surface area (Å²) in [6.07, 6.45) is 0.489. The van der Waals surface area contributed by atoms with Crippen LogP contribution in [0.15, 0.2) is 35.2 Å². The summed E-state index contributed by atoms with van der Waals surface area (Å²) < 4.78 is 0. The summed E-state index contributed by atoms with van der Waals surface area (Å²) in [6, 6.07) is 9.56. The van der Waals surface area contributed by atoms with Gasteiger partial charge in [0.1, 0.15) is 0 Å². The van der Waals surface area contributed by atoms with Crippen molar-refractivity contribution < 1.29 is 9.59 Å². The van der Waals surface area contributed by atoms with Crippen LogP contribution in [0.25, 0.3) is 0 Å². The molecule has 2 amide bonds. The zero-order chi connectivity index (χ0) is 17.3. The number of fused-ring (bicyclic) bond motifs is 1. The van der Waals surface area contributed by atoms with Gasteiger partial charge in [-0.1, -0.05) is 17.7 Å². The van der Waals surface area contributed by atoms with Gasteiger partial charge < -0.3 is 10.6 Å². The SMILES string of the molecule is Cc1cc(C)c(NC(=O)c2ccc3c(c2)NC(=O)CCS3)c(C)c1. The molecule has 2 aromatic carbocycles. The van der Waals surface area contributed by atoms with Gasteiger partial charge >= 0.3 is 0 Å². The molecule has 0 spiro atoms. The van der Waals surface area contributed by atoms with Crippen LogP contribution in [0.4, 0.5) is 11.4 Å². The van der Waals surface area contributed by atoms with Crippen LogP contribution in [0, 0.1) is 20.8 Å². The first-order chi connectivity index (χ1) is 11.4. The smallest absolute Gasteiger partial charge is 0.255 e. The molecule has 1 aliphatic rings. The minimum absolute atomic E-state index is 0.0102. The number of carbonyl (C=O) groups excluding carboxylic acids is 2. The number of aryl methyl sites for hydroxylation is 3. The molecule has 0 unspecified atom stereocenters. The molecule has 0 fully saturated rings. The van der Waals surface area contributed by atoms with E-state index in [4.69, 9.17) is 0 Å². The highest BCUT2D eigenvalue weighted by molar-refractivity contribution is 7.99. The molecule has 2 aromatic rings. The van der Waals surface area contributed by atoms with Crippen molar-refractivity contribution in [2.45, 2.75) is 32.1 Å². The first-order valence-electron chi connectivity index (χ1n) is 7.90. The van der Waals surface area contributed by atoms with E-state index in [0.29, 0.717) is 17.7 Å². The third-order valence-electron chi connectivity index (χ3n) is 4.02. The van der Waals surface area contributed by atoms with E-state index in [1.54, 1.807) is 23.9 Å². The minimum Gasteiger partial charge on any atom is -0.325 e. The Kier molecular flexibility index (Phi) is 4.62. The monoisotopic (exact) mass is 340 g/mol. The van der Waals surface area contributed by atoms with Gasteiger partial charge in [0.2, 0.25) is 5.91 Å². The van der Waals surface area contributed by atoms with Crippen LogP contribution in [0.5, 0.6) is 0 Å². The Morgan fingerprint density at radius 2 is 1.83 bits per heavy atom. The fraction of sp³-hybridized carbons (Fsp3) is 0.263. The van der Waals surface area contributed by atoms with Crippen molar-refractivity contribution in [1.29, 1.82) is 0 Å². The molecule has 4 nitrogen and oxygen atoms in total. The molecule has 1 heterocycles. The lowest BCUT2D eigenvalue weighted by Gasteiger charge is -2.14. The van der Waals surface area contributed by atoms with Crippen molar-refractivity contribution in [2.75, 3.05) is 16.4 Å². The third-order valence-corrected chi connectivity index (χ3v) is 5.09. The number of rotatable bonds is 2. The van der Waals surface area contributed by atoms with Crippen LogP contribution in [0.2, 0.25) is 0 Å². The Morgan fingerprint density at radius 3 is 2.54 bits per heavy atom. The number of thioether (sulfide) groups is 1. The van der Waals surface area contributed by atoms with Crippen LogP contribution in [-0.2, 0) is 4.79 Å². The van der Waals surface area contributed by atoms with Gasteiger partial charge in [0, 0.05) is 28.3 Å². The van der Waals surface area contributed by atoms with Gasteiger partial charge in [0.25, 0.3) is 5.91 Å². The van der Waals surface area contributed by atoms with Gasteiger partial charge in [-0.05, 0) is 50.1 Å². The van der Waals surface area contributed by atoms with E-state index in [9.17, 15) is 9.59 Å². The van der Waals surface area contributed by atoms with E-state index < -0.39 is 0 Å². The van der Waals surface area contributed by atoms with Crippen LogP contribution in [0.1, 0.15) is 33.5 Å². The summed E-state index contributed by atoms with van der Waals surface area (Å²) in [4.78, 5) is 25.3. The molecular formula is C19H20N2O2S. The lowest BCUT2D eigenvalue weighted by atomic mass is 10.0. The van der Waals surface area contributed by atoms with Crippen LogP contribution < -0.4 is 10.6 Å². The molecule has 3 rings (SSSR count). The molecule has 0 aromatic heterocycles. The summed E-state index contributed by atoms with van der Waals surface area (Å²) in [7, 11) is 0. The van der Waals surface area contributed by atoms with Crippen molar-refractivity contribution in [2.24, 2.45) is 0 Å². The highest BCUT2D eigenvalue weighted by Crippen LogP contribution is 2.32. The largest absolute Gasteiger partial charge is 0.325 e. The second kappa shape index (κ2) is 6.69. The number of benzene rings is 2. The number of hydrogen-bond acceptors (Lipinski definition) is 3. The second-order valence-electron chi connectivity index (χ2n) is 6.09. The minimum atomic E-state index is -0.170. The lowest BCUT2D eigenvalue weighted by Crippen LogP contribution is -2.15. The Bertz CT molecular complexity index is 807. The number of carbonyl (C=O) groups is 2. The molecule has 0 aliphatic carbocycles. The molecular weight excluding hydrogens is 320 g/mol. The molecule has 0 atom stereocenters. The number of hydrogen-bond donors (Lipinski definition) is 2. The molecule has 0 radical (unpaired) electrons. The number of anilines is 2. The topological polar surface area (TPSA) is 58.2 Å². The van der Waals surface area contributed by atoms with Crippen LogP contribution in [-0.4, -0.2) is 17.6 Å². The van der Waals surface area contributed by atoms with Crippen molar-refractivity contribution in [1.82, 2.24) is 0 Å². The maximum Gasteiger partial charge on any atom is 0.255 e. The van der Waals surface area contributed by atoms with Crippen molar-refractivity contribution in [3.05, 3.63) is 52.6 Å². The fourth-order valence-electron chi connectivity index (χ4n) is 2.92. The molecule has 0 saturated carbocycles. The summed E-state index contributed by atoms with van der Waals surface area (Å²) in [5.74, 6) is 0.576. The van der Waals surface area contributed by atoms with Crippen molar-refractivity contribution in [3.63, 3.8) is 0 Å². The summed E-state index contributed by atoms with van der Waals surface area (Å²) in [6.45, 7) is 6.02. The Balaban J connectivity index is 1.87. The third kappa shape index (κ3) is 3.46. The van der Waals surface area contributed by atoms with Gasteiger partial charge in [0.15, 0.2) is 0 Å². The first-order valence-corrected chi connectivity index (χ1v) is 8.88. The Hall–Kier alpha value is -2.27. The molecule has 24 heavy (non-hydrogen) atoms. The Labute approximate surface area is 146 Å². The number of amides is 2. The zero-order valence-corrected chi connectivity index (χ0v) is 14.8. The van der Waals surface area contributed by atoms with E-state index in [0.717, 1.165) is 27.5 Å². The lowest BCUT2D eigenvalue weighted by molar-refractivity contribution is -0.115. The maximum absolute atomic E-state index is 12.6. The predicted molar refractivity (Wildman–Crippen MR) is 99.0 cm³/mol. The van der Waals surface area contributed by atoms with Crippen LogP contribution >= 0.6 is 11.8 Å². The predicted octanol–water partition coefficient (Wildman–Crippen LogP) is 4.30. The summed E-state index contributed by atoms with van der Waals surface area (Å²) in [5, 5.41) is 5.87. The normalized spacial score (nSPS) is 13.7. The standard InChI is InChI=1S/C19H20N2O2S/c1-11-8-12(2)18(13(3)9-11)21-19(23)14-4-5-16-15(10-14)20-17(22)6-7-24-16/h4-5,8-10H,6-7H2,1-3H3,(H,20,22)(H,21,23). The fourth-order valence-corrected chi connectivity index (χ4v) is 3.86. The highest BCUT2D eigenvalue weighted by atomic mass is 32.2. The highest BCUT2D eigenvalue weighted by Gasteiger charge is 2.16. The quantitative estimate of drug-likeness (QED) is 0.857. The molecule has 0 bridgehead atoms. The maximum atomic E-state index is 12.6. The van der Waals surface area contributed by atoms with E-state index >= 15 is 0 Å². The summed E-state index contributed by atoms with van der Waals surface area (Å²) >= 11 is 1.63. The first kappa shape index (κ1) is 16.6. The van der Waals surface area contributed by atoms with E-state index in [1.165, 1.54) is 5.56 Å². The van der Waals surface area contributed by atoms with E-state index in [2.05, 4.69) is 22.8 Å². The van der Waals surface area contributed by atoms with E-state index in [-0.39, 0.29) is 11.8 Å². The molecule has 0 saturated heterocycles. The Morgan fingerprint density at radius 1 is 1.12 bits per heavy atom. The van der Waals surface area contributed by atoms with Crippen molar-refractivity contribution in [3.8, 4) is 0 Å². The van der Waals surface area contributed by atoms with Gasteiger partial charge in [-0.2, -0.15) is 0 Å². The second-order valence-corrected chi connectivity index (χ2v) is 7.22. The summed E-state index contributed by atoms with van der Waals surface area (Å²) in [5.41, 5.74) is 5.36. The van der Waals surface area contributed by atoms with Gasteiger partial charge in [-0.25, -0.2) is 0 Å². The van der Waals surface area contributed by atoms with Crippen molar-refractivity contribution >= 4 is 35.0 Å². The van der Waals surface area contributed by atoms with Gasteiger partial charge in [-0.3, -0.25) is 9.59 Å². The van der Waals surface area contributed by atoms with Gasteiger partial charge in [0.05, 0.1) is 5.69 Å².